The lowest BCUT2D eigenvalue weighted by Crippen LogP contribution is -2.45. The fraction of sp³-hybridized carbons (Fsp3) is 0.261. The summed E-state index contributed by atoms with van der Waals surface area (Å²) in [5, 5.41) is 14.0. The Kier molecular flexibility index (Phi) is 6.20. The summed E-state index contributed by atoms with van der Waals surface area (Å²) in [4.78, 5) is 16.6. The largest absolute Gasteiger partial charge is 0.464 e. The van der Waals surface area contributed by atoms with Gasteiger partial charge in [0.15, 0.2) is 0 Å². The van der Waals surface area contributed by atoms with Crippen molar-refractivity contribution in [3.05, 3.63) is 60.6 Å². The van der Waals surface area contributed by atoms with Gasteiger partial charge in [0.05, 0.1) is 18.5 Å². The van der Waals surface area contributed by atoms with E-state index in [0.29, 0.717) is 12.2 Å². The van der Waals surface area contributed by atoms with Gasteiger partial charge in [0.2, 0.25) is 0 Å². The van der Waals surface area contributed by atoms with Crippen LogP contribution in [0, 0.1) is 5.41 Å². The molecule has 156 valence electrons. The van der Waals surface area contributed by atoms with Crippen LogP contribution in [-0.2, 0) is 9.53 Å². The van der Waals surface area contributed by atoms with E-state index in [0.717, 1.165) is 28.2 Å². The average molecular weight is 406 g/mol. The number of allylic oxidation sites excluding steroid dienone is 1. The number of carbonyl (C=O) groups is 1. The number of hydrogen-bond donors (Lipinski definition) is 3. The highest BCUT2D eigenvalue weighted by molar-refractivity contribution is 6.08. The van der Waals surface area contributed by atoms with E-state index in [1.165, 1.54) is 6.21 Å². The molecule has 3 aromatic rings. The van der Waals surface area contributed by atoms with Gasteiger partial charge in [-0.1, -0.05) is 12.1 Å². The number of aromatic nitrogens is 2. The standard InChI is InChI=1S/C23H27N5O2/c1-5-30-22(29)23(2,3)27-14-18(13-24)16-9-10-28-20(15-26-21(28)12-16)17-7-6-8-19(11-17)25-4/h6-15,24-25,27H,5H2,1-4H3/b18-14+,24-13?. The molecule has 1 aromatic carbocycles. The molecule has 0 atom stereocenters. The van der Waals surface area contributed by atoms with Crippen LogP contribution in [0.5, 0.6) is 0 Å². The van der Waals surface area contributed by atoms with Crippen LogP contribution in [0.4, 0.5) is 5.69 Å². The zero-order valence-corrected chi connectivity index (χ0v) is 17.7. The lowest BCUT2D eigenvalue weighted by Gasteiger charge is -2.23. The third kappa shape index (κ3) is 4.35. The number of esters is 1. The summed E-state index contributed by atoms with van der Waals surface area (Å²) in [6.45, 7) is 5.58. The van der Waals surface area contributed by atoms with Crippen LogP contribution in [0.2, 0.25) is 0 Å². The van der Waals surface area contributed by atoms with Gasteiger partial charge in [0.25, 0.3) is 0 Å². The fourth-order valence-corrected chi connectivity index (χ4v) is 3.04. The molecule has 0 radical (unpaired) electrons. The van der Waals surface area contributed by atoms with Crippen molar-refractivity contribution < 1.29 is 9.53 Å². The second-order valence-electron chi connectivity index (χ2n) is 7.35. The molecule has 0 bridgehead atoms. The smallest absolute Gasteiger partial charge is 0.331 e. The van der Waals surface area contributed by atoms with E-state index in [-0.39, 0.29) is 5.97 Å². The molecule has 0 saturated heterocycles. The first-order chi connectivity index (χ1) is 14.4. The Hall–Kier alpha value is -3.61. The first-order valence-electron chi connectivity index (χ1n) is 9.81. The Morgan fingerprint density at radius 2 is 2.10 bits per heavy atom. The molecule has 0 fully saturated rings. The Morgan fingerprint density at radius 1 is 1.30 bits per heavy atom. The average Bonchev–Trinajstić information content (AvgIpc) is 3.17. The predicted molar refractivity (Wildman–Crippen MR) is 121 cm³/mol. The van der Waals surface area contributed by atoms with Gasteiger partial charge < -0.3 is 20.8 Å². The van der Waals surface area contributed by atoms with Crippen molar-refractivity contribution in [2.24, 2.45) is 0 Å². The molecule has 0 saturated carbocycles. The minimum absolute atomic E-state index is 0.321. The molecule has 2 heterocycles. The van der Waals surface area contributed by atoms with Crippen molar-refractivity contribution in [1.29, 1.82) is 5.41 Å². The third-order valence-electron chi connectivity index (χ3n) is 4.82. The number of benzene rings is 1. The number of pyridine rings is 1. The van der Waals surface area contributed by atoms with Crippen molar-refractivity contribution in [2.75, 3.05) is 19.0 Å². The number of nitrogens with zero attached hydrogens (tertiary/aromatic N) is 2. The van der Waals surface area contributed by atoms with Gasteiger partial charge in [-0.15, -0.1) is 0 Å². The number of fused-ring (bicyclic) bond motifs is 1. The lowest BCUT2D eigenvalue weighted by molar-refractivity contribution is -0.149. The SMILES string of the molecule is CCOC(=O)C(C)(C)N/C=C(\C=N)c1ccn2c(-c3cccc(NC)c3)cnc2c1. The maximum absolute atomic E-state index is 12.1. The summed E-state index contributed by atoms with van der Waals surface area (Å²) in [5.74, 6) is -0.345. The Morgan fingerprint density at radius 3 is 2.80 bits per heavy atom. The number of hydrogen-bond acceptors (Lipinski definition) is 6. The molecule has 2 aromatic heterocycles. The minimum Gasteiger partial charge on any atom is -0.464 e. The van der Waals surface area contributed by atoms with Crippen molar-refractivity contribution in [3.63, 3.8) is 0 Å². The quantitative estimate of drug-likeness (QED) is 0.390. The van der Waals surface area contributed by atoms with Gasteiger partial charge in [-0.25, -0.2) is 9.78 Å². The number of carbonyl (C=O) groups excluding carboxylic acids is 1. The Labute approximate surface area is 176 Å². The van der Waals surface area contributed by atoms with Crippen LogP contribution >= 0.6 is 0 Å². The summed E-state index contributed by atoms with van der Waals surface area (Å²) in [5.41, 5.74) is 4.41. The van der Waals surface area contributed by atoms with E-state index in [9.17, 15) is 4.79 Å². The molecule has 0 aliphatic heterocycles. The molecular formula is C23H27N5O2. The van der Waals surface area contributed by atoms with Crippen LogP contribution in [0.3, 0.4) is 0 Å². The molecule has 0 spiro atoms. The number of ether oxygens (including phenoxy) is 1. The van der Waals surface area contributed by atoms with Crippen LogP contribution in [0.1, 0.15) is 26.3 Å². The third-order valence-corrected chi connectivity index (χ3v) is 4.82. The molecule has 0 amide bonds. The molecule has 7 nitrogen and oxygen atoms in total. The summed E-state index contributed by atoms with van der Waals surface area (Å²) >= 11 is 0. The van der Waals surface area contributed by atoms with Gasteiger partial charge in [-0.3, -0.25) is 4.40 Å². The van der Waals surface area contributed by atoms with Crippen LogP contribution in [0.15, 0.2) is 55.0 Å². The highest BCUT2D eigenvalue weighted by atomic mass is 16.5. The minimum atomic E-state index is -0.896. The van der Waals surface area contributed by atoms with Crippen molar-refractivity contribution >= 4 is 29.1 Å². The summed E-state index contributed by atoms with van der Waals surface area (Å²) in [6, 6.07) is 12.0. The van der Waals surface area contributed by atoms with E-state index >= 15 is 0 Å². The van der Waals surface area contributed by atoms with Crippen molar-refractivity contribution in [3.8, 4) is 11.3 Å². The van der Waals surface area contributed by atoms with Gasteiger partial charge >= 0.3 is 5.97 Å². The Balaban J connectivity index is 1.91. The van der Waals surface area contributed by atoms with Gasteiger partial charge in [0, 0.05) is 42.5 Å². The monoisotopic (exact) mass is 405 g/mol. The number of nitrogens with one attached hydrogen (secondary N) is 3. The second-order valence-corrected chi connectivity index (χ2v) is 7.35. The van der Waals surface area contributed by atoms with Gasteiger partial charge in [-0.05, 0) is 50.6 Å². The van der Waals surface area contributed by atoms with E-state index in [1.807, 2.05) is 54.2 Å². The first-order valence-corrected chi connectivity index (χ1v) is 9.81. The predicted octanol–water partition coefficient (Wildman–Crippen LogP) is 3.96. The highest BCUT2D eigenvalue weighted by Gasteiger charge is 2.27. The maximum Gasteiger partial charge on any atom is 0.331 e. The molecule has 3 N–H and O–H groups in total. The molecular weight excluding hydrogens is 378 g/mol. The van der Waals surface area contributed by atoms with Gasteiger partial charge in [0.1, 0.15) is 11.2 Å². The number of anilines is 1. The first kappa shape index (κ1) is 21.1. The maximum atomic E-state index is 12.1. The molecule has 7 heteroatoms. The topological polar surface area (TPSA) is 91.5 Å². The van der Waals surface area contributed by atoms with E-state index in [4.69, 9.17) is 10.1 Å². The molecule has 0 aliphatic carbocycles. The number of rotatable bonds is 8. The molecule has 3 rings (SSSR count). The summed E-state index contributed by atoms with van der Waals surface area (Å²) < 4.78 is 7.10. The summed E-state index contributed by atoms with van der Waals surface area (Å²) in [7, 11) is 1.89. The molecule has 30 heavy (non-hydrogen) atoms. The zero-order chi connectivity index (χ0) is 21.7. The van der Waals surface area contributed by atoms with Crippen LogP contribution < -0.4 is 10.6 Å². The molecule has 0 unspecified atom stereocenters. The zero-order valence-electron chi connectivity index (χ0n) is 17.7. The fourth-order valence-electron chi connectivity index (χ4n) is 3.04. The van der Waals surface area contributed by atoms with E-state index in [2.05, 4.69) is 21.7 Å². The molecule has 0 aliphatic rings. The van der Waals surface area contributed by atoms with Crippen LogP contribution in [-0.4, -0.2) is 40.8 Å². The Bertz CT molecular complexity index is 1100. The van der Waals surface area contributed by atoms with E-state index < -0.39 is 5.54 Å². The van der Waals surface area contributed by atoms with Crippen LogP contribution in [0.25, 0.3) is 22.5 Å². The van der Waals surface area contributed by atoms with Crippen molar-refractivity contribution in [1.82, 2.24) is 14.7 Å². The lowest BCUT2D eigenvalue weighted by atomic mass is 10.1. The normalized spacial score (nSPS) is 11.9. The van der Waals surface area contributed by atoms with Gasteiger partial charge in [-0.2, -0.15) is 0 Å². The second kappa shape index (κ2) is 8.82. The number of imidazole rings is 1. The van der Waals surface area contributed by atoms with Crippen molar-refractivity contribution in [2.45, 2.75) is 26.3 Å². The summed E-state index contributed by atoms with van der Waals surface area (Å²) in [6.07, 6.45) is 6.69. The van der Waals surface area contributed by atoms with E-state index in [1.54, 1.807) is 27.0 Å². The highest BCUT2D eigenvalue weighted by Crippen LogP contribution is 2.25.